The highest BCUT2D eigenvalue weighted by molar-refractivity contribution is 6.36. The van der Waals surface area contributed by atoms with Gasteiger partial charge in [0.05, 0.1) is 6.42 Å². The van der Waals surface area contributed by atoms with Crippen LogP contribution in [0.5, 0.6) is 0 Å². The number of carbonyl (C=O) groups excluding carboxylic acids is 2. The molecule has 2 aromatic rings. The third-order valence-electron chi connectivity index (χ3n) is 4.86. The van der Waals surface area contributed by atoms with E-state index < -0.39 is 6.04 Å². The predicted molar refractivity (Wildman–Crippen MR) is 119 cm³/mol. The Kier molecular flexibility index (Phi) is 8.99. The van der Waals surface area contributed by atoms with Crippen LogP contribution in [0.15, 0.2) is 42.5 Å². The minimum absolute atomic E-state index is 0.150. The lowest BCUT2D eigenvalue weighted by atomic mass is 10.1. The standard InChI is InChI=1S/C23H28Cl2N2O2/c1-4-5-13-26-23(29)17(3)27(15-19-20(24)7-6-8-21(19)25)22(28)14-18-11-9-16(2)10-12-18/h6-12,17H,4-5,13-15H2,1-3H3,(H,26,29). The van der Waals surface area contributed by atoms with Gasteiger partial charge < -0.3 is 10.2 Å². The second kappa shape index (κ2) is 11.2. The van der Waals surface area contributed by atoms with Crippen molar-refractivity contribution in [2.75, 3.05) is 6.54 Å². The molecule has 0 aromatic heterocycles. The molecule has 156 valence electrons. The largest absolute Gasteiger partial charge is 0.354 e. The lowest BCUT2D eigenvalue weighted by molar-refractivity contribution is -0.140. The molecule has 29 heavy (non-hydrogen) atoms. The van der Waals surface area contributed by atoms with Crippen LogP contribution in [0.1, 0.15) is 43.4 Å². The molecule has 0 aliphatic heterocycles. The molecule has 0 aliphatic rings. The van der Waals surface area contributed by atoms with Crippen molar-refractivity contribution >= 4 is 35.0 Å². The van der Waals surface area contributed by atoms with Crippen molar-refractivity contribution in [2.24, 2.45) is 0 Å². The first-order chi connectivity index (χ1) is 13.8. The van der Waals surface area contributed by atoms with Gasteiger partial charge in [-0.05, 0) is 38.0 Å². The molecule has 4 nitrogen and oxygen atoms in total. The Balaban J connectivity index is 2.24. The Bertz CT molecular complexity index is 817. The van der Waals surface area contributed by atoms with Gasteiger partial charge in [0.2, 0.25) is 11.8 Å². The molecule has 0 saturated carbocycles. The van der Waals surface area contributed by atoms with E-state index in [1.165, 1.54) is 0 Å². The Morgan fingerprint density at radius 3 is 2.28 bits per heavy atom. The number of amides is 2. The van der Waals surface area contributed by atoms with Crippen LogP contribution in [0.25, 0.3) is 0 Å². The van der Waals surface area contributed by atoms with Gasteiger partial charge in [-0.15, -0.1) is 0 Å². The fourth-order valence-electron chi connectivity index (χ4n) is 2.95. The van der Waals surface area contributed by atoms with Crippen LogP contribution >= 0.6 is 23.2 Å². The summed E-state index contributed by atoms with van der Waals surface area (Å²) in [7, 11) is 0. The van der Waals surface area contributed by atoms with Crippen molar-refractivity contribution in [3.63, 3.8) is 0 Å². The number of hydrogen-bond donors (Lipinski definition) is 1. The molecule has 0 fully saturated rings. The second-order valence-corrected chi connectivity index (χ2v) is 8.02. The minimum Gasteiger partial charge on any atom is -0.354 e. The van der Waals surface area contributed by atoms with Crippen LogP contribution in [-0.2, 0) is 22.6 Å². The Morgan fingerprint density at radius 2 is 1.69 bits per heavy atom. The fourth-order valence-corrected chi connectivity index (χ4v) is 3.47. The SMILES string of the molecule is CCCCNC(=O)C(C)N(Cc1c(Cl)cccc1Cl)C(=O)Cc1ccc(C)cc1. The zero-order chi connectivity index (χ0) is 21.4. The van der Waals surface area contributed by atoms with Crippen molar-refractivity contribution < 1.29 is 9.59 Å². The molecule has 2 aromatic carbocycles. The first-order valence-electron chi connectivity index (χ1n) is 9.89. The molecule has 0 radical (unpaired) electrons. The highest BCUT2D eigenvalue weighted by Gasteiger charge is 2.27. The first kappa shape index (κ1) is 23.2. The zero-order valence-corrected chi connectivity index (χ0v) is 18.7. The summed E-state index contributed by atoms with van der Waals surface area (Å²) >= 11 is 12.6. The minimum atomic E-state index is -0.642. The maximum Gasteiger partial charge on any atom is 0.242 e. The molecule has 0 saturated heterocycles. The average Bonchev–Trinajstić information content (AvgIpc) is 2.69. The maximum atomic E-state index is 13.2. The van der Waals surface area contributed by atoms with Crippen molar-refractivity contribution in [3.8, 4) is 0 Å². The Labute approximate surface area is 183 Å². The van der Waals surface area contributed by atoms with Crippen molar-refractivity contribution in [3.05, 3.63) is 69.2 Å². The monoisotopic (exact) mass is 434 g/mol. The molecular weight excluding hydrogens is 407 g/mol. The Hall–Kier alpha value is -2.04. The second-order valence-electron chi connectivity index (χ2n) is 7.20. The van der Waals surface area contributed by atoms with Gasteiger partial charge in [-0.25, -0.2) is 0 Å². The summed E-state index contributed by atoms with van der Waals surface area (Å²) in [6, 6.07) is 12.4. The number of hydrogen-bond acceptors (Lipinski definition) is 2. The van der Waals surface area contributed by atoms with Crippen LogP contribution in [0.2, 0.25) is 10.0 Å². The van der Waals surface area contributed by atoms with E-state index in [9.17, 15) is 9.59 Å². The molecule has 1 N–H and O–H groups in total. The smallest absolute Gasteiger partial charge is 0.242 e. The van der Waals surface area contributed by atoms with Crippen LogP contribution in [0, 0.1) is 6.92 Å². The van der Waals surface area contributed by atoms with Gasteiger partial charge >= 0.3 is 0 Å². The molecule has 2 amide bonds. The van der Waals surface area contributed by atoms with Crippen molar-refractivity contribution in [2.45, 2.75) is 52.6 Å². The van der Waals surface area contributed by atoms with Gasteiger partial charge in [-0.3, -0.25) is 9.59 Å². The Morgan fingerprint density at radius 1 is 1.07 bits per heavy atom. The molecular formula is C23H28Cl2N2O2. The van der Waals surface area contributed by atoms with Gasteiger partial charge in [0.15, 0.2) is 0 Å². The summed E-state index contributed by atoms with van der Waals surface area (Å²) in [6.45, 7) is 6.56. The quantitative estimate of drug-likeness (QED) is 0.552. The lowest BCUT2D eigenvalue weighted by Gasteiger charge is -2.29. The molecule has 2 rings (SSSR count). The molecule has 1 unspecified atom stereocenters. The third kappa shape index (κ3) is 6.76. The number of benzene rings is 2. The highest BCUT2D eigenvalue weighted by Crippen LogP contribution is 2.27. The number of unbranched alkanes of at least 4 members (excludes halogenated alkanes) is 1. The summed E-state index contributed by atoms with van der Waals surface area (Å²) in [5.41, 5.74) is 2.67. The molecule has 0 spiro atoms. The van der Waals surface area contributed by atoms with Gasteiger partial charge in [-0.2, -0.15) is 0 Å². The lowest BCUT2D eigenvalue weighted by Crippen LogP contribution is -2.48. The summed E-state index contributed by atoms with van der Waals surface area (Å²) in [5, 5.41) is 3.86. The van der Waals surface area contributed by atoms with E-state index in [1.807, 2.05) is 31.2 Å². The number of carbonyl (C=O) groups is 2. The first-order valence-corrected chi connectivity index (χ1v) is 10.6. The van der Waals surface area contributed by atoms with Crippen molar-refractivity contribution in [1.29, 1.82) is 0 Å². The number of aryl methyl sites for hydroxylation is 1. The van der Waals surface area contributed by atoms with Crippen LogP contribution < -0.4 is 5.32 Å². The summed E-state index contributed by atoms with van der Waals surface area (Å²) in [6.07, 6.45) is 2.08. The van der Waals surface area contributed by atoms with E-state index in [2.05, 4.69) is 12.2 Å². The normalized spacial score (nSPS) is 11.8. The van der Waals surface area contributed by atoms with E-state index in [-0.39, 0.29) is 24.8 Å². The summed E-state index contributed by atoms with van der Waals surface area (Å²) < 4.78 is 0. The van der Waals surface area contributed by atoms with Crippen LogP contribution in [0.4, 0.5) is 0 Å². The van der Waals surface area contributed by atoms with E-state index in [1.54, 1.807) is 30.0 Å². The highest BCUT2D eigenvalue weighted by atomic mass is 35.5. The molecule has 1 atom stereocenters. The van der Waals surface area contributed by atoms with E-state index in [4.69, 9.17) is 23.2 Å². The molecule has 0 aliphatic carbocycles. The third-order valence-corrected chi connectivity index (χ3v) is 5.57. The number of nitrogens with zero attached hydrogens (tertiary/aromatic N) is 1. The van der Waals surface area contributed by atoms with Crippen LogP contribution in [-0.4, -0.2) is 29.3 Å². The van der Waals surface area contributed by atoms with Gasteiger partial charge in [-0.1, -0.05) is 72.4 Å². The number of rotatable bonds is 9. The predicted octanol–water partition coefficient (Wildman–Crippen LogP) is 5.18. The van der Waals surface area contributed by atoms with E-state index in [0.29, 0.717) is 22.2 Å². The molecule has 6 heteroatoms. The molecule has 0 heterocycles. The molecule has 0 bridgehead atoms. The van der Waals surface area contributed by atoms with Gasteiger partial charge in [0.1, 0.15) is 6.04 Å². The van der Waals surface area contributed by atoms with Crippen molar-refractivity contribution in [1.82, 2.24) is 10.2 Å². The summed E-state index contributed by atoms with van der Waals surface area (Å²) in [4.78, 5) is 27.4. The van der Waals surface area contributed by atoms with Gasteiger partial charge in [0.25, 0.3) is 0 Å². The number of halogens is 2. The van der Waals surface area contributed by atoms with Crippen LogP contribution in [0.3, 0.4) is 0 Å². The maximum absolute atomic E-state index is 13.2. The van der Waals surface area contributed by atoms with E-state index >= 15 is 0 Å². The topological polar surface area (TPSA) is 49.4 Å². The summed E-state index contributed by atoms with van der Waals surface area (Å²) in [5.74, 6) is -0.332. The zero-order valence-electron chi connectivity index (χ0n) is 17.2. The van der Waals surface area contributed by atoms with Gasteiger partial charge in [0, 0.05) is 28.7 Å². The number of nitrogens with one attached hydrogen (secondary N) is 1. The fraction of sp³-hybridized carbons (Fsp3) is 0.391. The van der Waals surface area contributed by atoms with E-state index in [0.717, 1.165) is 24.0 Å². The average molecular weight is 435 g/mol.